The van der Waals surface area contributed by atoms with Crippen molar-refractivity contribution in [3.63, 3.8) is 0 Å². The van der Waals surface area contributed by atoms with Gasteiger partial charge in [0.05, 0.1) is 20.0 Å². The topological polar surface area (TPSA) is 84.4 Å². The standard InChI is InChI=1S/C23H30N4O3/c1-5-24-21(28)13-19-15(2)25-23(26-16(19)3)18-10-11-27(14-18)22(29)12-17-8-6-7-9-20(17)30-4/h6-9,18H,5,10-14H2,1-4H3,(H,24,28)/t18-/m1/s1. The predicted molar refractivity (Wildman–Crippen MR) is 115 cm³/mol. The van der Waals surface area contributed by atoms with Gasteiger partial charge < -0.3 is 15.0 Å². The Bertz CT molecular complexity index is 905. The van der Waals surface area contributed by atoms with Crippen LogP contribution in [-0.4, -0.2) is 53.4 Å². The van der Waals surface area contributed by atoms with Crippen molar-refractivity contribution in [1.82, 2.24) is 20.2 Å². The molecule has 7 nitrogen and oxygen atoms in total. The molecule has 30 heavy (non-hydrogen) atoms. The van der Waals surface area contributed by atoms with Crippen LogP contribution in [0.2, 0.25) is 0 Å². The van der Waals surface area contributed by atoms with E-state index >= 15 is 0 Å². The van der Waals surface area contributed by atoms with Gasteiger partial charge >= 0.3 is 0 Å². The number of carbonyl (C=O) groups excluding carboxylic acids is 2. The predicted octanol–water partition coefficient (Wildman–Crippen LogP) is 2.34. The maximum Gasteiger partial charge on any atom is 0.227 e. The zero-order chi connectivity index (χ0) is 21.7. The zero-order valence-electron chi connectivity index (χ0n) is 18.2. The third-order valence-corrected chi connectivity index (χ3v) is 5.59. The van der Waals surface area contributed by atoms with Crippen molar-refractivity contribution in [2.24, 2.45) is 0 Å². The van der Waals surface area contributed by atoms with Crippen LogP contribution in [0.3, 0.4) is 0 Å². The van der Waals surface area contributed by atoms with Crippen LogP contribution in [0.1, 0.15) is 47.6 Å². The number of ether oxygens (including phenoxy) is 1. The number of rotatable bonds is 7. The number of amides is 2. The van der Waals surface area contributed by atoms with Gasteiger partial charge in [-0.25, -0.2) is 9.97 Å². The van der Waals surface area contributed by atoms with Crippen LogP contribution in [0.15, 0.2) is 24.3 Å². The summed E-state index contributed by atoms with van der Waals surface area (Å²) in [4.78, 5) is 36.0. The molecule has 1 aliphatic heterocycles. The first-order valence-corrected chi connectivity index (χ1v) is 10.4. The average Bonchev–Trinajstić information content (AvgIpc) is 3.21. The first-order valence-electron chi connectivity index (χ1n) is 10.4. The van der Waals surface area contributed by atoms with Gasteiger partial charge in [-0.1, -0.05) is 18.2 Å². The van der Waals surface area contributed by atoms with E-state index in [1.165, 1.54) is 0 Å². The largest absolute Gasteiger partial charge is 0.496 e. The number of nitrogens with one attached hydrogen (secondary N) is 1. The molecular formula is C23H30N4O3. The summed E-state index contributed by atoms with van der Waals surface area (Å²) >= 11 is 0. The first kappa shape index (κ1) is 21.7. The van der Waals surface area contributed by atoms with Crippen molar-refractivity contribution in [1.29, 1.82) is 0 Å². The Morgan fingerprint density at radius 3 is 2.53 bits per heavy atom. The van der Waals surface area contributed by atoms with Gasteiger partial charge in [0.25, 0.3) is 0 Å². The number of para-hydroxylation sites is 1. The summed E-state index contributed by atoms with van der Waals surface area (Å²) in [5.41, 5.74) is 3.45. The second-order valence-corrected chi connectivity index (χ2v) is 7.68. The molecule has 1 fully saturated rings. The molecule has 1 atom stereocenters. The molecular weight excluding hydrogens is 380 g/mol. The van der Waals surface area contributed by atoms with Gasteiger partial charge in [-0.05, 0) is 33.3 Å². The van der Waals surface area contributed by atoms with E-state index in [4.69, 9.17) is 4.74 Å². The molecule has 2 heterocycles. The van der Waals surface area contributed by atoms with Gasteiger partial charge in [0, 0.05) is 48.1 Å². The highest BCUT2D eigenvalue weighted by molar-refractivity contribution is 5.80. The molecule has 7 heteroatoms. The fourth-order valence-corrected chi connectivity index (χ4v) is 3.95. The van der Waals surface area contributed by atoms with E-state index in [1.54, 1.807) is 7.11 Å². The van der Waals surface area contributed by atoms with Gasteiger partial charge in [0.15, 0.2) is 0 Å². The van der Waals surface area contributed by atoms with E-state index in [1.807, 2.05) is 49.9 Å². The number of benzene rings is 1. The normalized spacial score (nSPS) is 15.9. The third kappa shape index (κ3) is 4.96. The molecule has 0 spiro atoms. The Morgan fingerprint density at radius 1 is 1.17 bits per heavy atom. The minimum atomic E-state index is -0.0194. The molecule has 1 N–H and O–H groups in total. The molecule has 3 rings (SSSR count). The monoisotopic (exact) mass is 410 g/mol. The quantitative estimate of drug-likeness (QED) is 0.757. The van der Waals surface area contributed by atoms with E-state index in [2.05, 4.69) is 15.3 Å². The van der Waals surface area contributed by atoms with E-state index in [-0.39, 0.29) is 17.7 Å². The van der Waals surface area contributed by atoms with E-state index < -0.39 is 0 Å². The number of aromatic nitrogens is 2. The minimum absolute atomic E-state index is 0.0194. The second kappa shape index (κ2) is 9.69. The fraction of sp³-hybridized carbons (Fsp3) is 0.478. The lowest BCUT2D eigenvalue weighted by atomic mass is 10.0. The number of hydrogen-bond acceptors (Lipinski definition) is 5. The smallest absolute Gasteiger partial charge is 0.227 e. The molecule has 160 valence electrons. The van der Waals surface area contributed by atoms with Crippen LogP contribution in [0.25, 0.3) is 0 Å². The van der Waals surface area contributed by atoms with Crippen molar-refractivity contribution in [3.05, 3.63) is 52.6 Å². The van der Waals surface area contributed by atoms with E-state index in [9.17, 15) is 9.59 Å². The molecule has 0 bridgehead atoms. The first-order chi connectivity index (χ1) is 14.4. The second-order valence-electron chi connectivity index (χ2n) is 7.68. The summed E-state index contributed by atoms with van der Waals surface area (Å²) in [6, 6.07) is 7.61. The van der Waals surface area contributed by atoms with Gasteiger partial charge in [-0.15, -0.1) is 0 Å². The number of likely N-dealkylation sites (N-methyl/N-ethyl adjacent to an activating group) is 1. The van der Waals surface area contributed by atoms with Gasteiger partial charge in [-0.3, -0.25) is 9.59 Å². The molecule has 1 aromatic heterocycles. The molecule has 0 aliphatic carbocycles. The molecule has 1 aliphatic rings. The summed E-state index contributed by atoms with van der Waals surface area (Å²) in [5.74, 6) is 1.68. The highest BCUT2D eigenvalue weighted by atomic mass is 16.5. The maximum absolute atomic E-state index is 12.8. The van der Waals surface area contributed by atoms with Gasteiger partial charge in [-0.2, -0.15) is 0 Å². The van der Waals surface area contributed by atoms with Crippen molar-refractivity contribution in [3.8, 4) is 5.75 Å². The molecule has 0 radical (unpaired) electrons. The van der Waals surface area contributed by atoms with Crippen LogP contribution in [-0.2, 0) is 22.4 Å². The number of methoxy groups -OCH3 is 1. The van der Waals surface area contributed by atoms with Crippen LogP contribution < -0.4 is 10.1 Å². The van der Waals surface area contributed by atoms with Gasteiger partial charge in [0.1, 0.15) is 11.6 Å². The van der Waals surface area contributed by atoms with Crippen LogP contribution >= 0.6 is 0 Å². The highest BCUT2D eigenvalue weighted by Crippen LogP contribution is 2.27. The number of likely N-dealkylation sites (tertiary alicyclic amines) is 1. The Labute approximate surface area is 177 Å². The number of aryl methyl sites for hydroxylation is 2. The fourth-order valence-electron chi connectivity index (χ4n) is 3.95. The Kier molecular flexibility index (Phi) is 7.03. The number of nitrogens with zero attached hydrogens (tertiary/aromatic N) is 3. The Hall–Kier alpha value is -2.96. The van der Waals surface area contributed by atoms with Gasteiger partial charge in [0.2, 0.25) is 11.8 Å². The number of hydrogen-bond donors (Lipinski definition) is 1. The molecule has 1 aromatic carbocycles. The minimum Gasteiger partial charge on any atom is -0.496 e. The molecule has 1 saturated heterocycles. The summed E-state index contributed by atoms with van der Waals surface area (Å²) in [5, 5.41) is 2.82. The zero-order valence-corrected chi connectivity index (χ0v) is 18.2. The summed E-state index contributed by atoms with van der Waals surface area (Å²) < 4.78 is 5.36. The van der Waals surface area contributed by atoms with Crippen molar-refractivity contribution >= 4 is 11.8 Å². The molecule has 2 aromatic rings. The van der Waals surface area contributed by atoms with Crippen molar-refractivity contribution in [2.45, 2.75) is 46.0 Å². The number of carbonyl (C=O) groups is 2. The lowest BCUT2D eigenvalue weighted by Crippen LogP contribution is -2.30. The molecule has 2 amide bonds. The third-order valence-electron chi connectivity index (χ3n) is 5.59. The van der Waals surface area contributed by atoms with Crippen LogP contribution in [0, 0.1) is 13.8 Å². The van der Waals surface area contributed by atoms with E-state index in [0.29, 0.717) is 32.5 Å². The summed E-state index contributed by atoms with van der Waals surface area (Å²) in [6.45, 7) is 7.66. The SMILES string of the molecule is CCNC(=O)Cc1c(C)nc([C@@H]2CCN(C(=O)Cc3ccccc3OC)C2)nc1C. The van der Waals surface area contributed by atoms with E-state index in [0.717, 1.165) is 40.5 Å². The van der Waals surface area contributed by atoms with Crippen molar-refractivity contribution in [2.75, 3.05) is 26.7 Å². The lowest BCUT2D eigenvalue weighted by molar-refractivity contribution is -0.129. The maximum atomic E-state index is 12.8. The average molecular weight is 411 g/mol. The highest BCUT2D eigenvalue weighted by Gasteiger charge is 2.30. The summed E-state index contributed by atoms with van der Waals surface area (Å²) in [7, 11) is 1.62. The lowest BCUT2D eigenvalue weighted by Gasteiger charge is -2.18. The van der Waals surface area contributed by atoms with Crippen LogP contribution in [0.4, 0.5) is 0 Å². The molecule has 0 saturated carbocycles. The Morgan fingerprint density at radius 2 is 1.87 bits per heavy atom. The molecule has 0 unspecified atom stereocenters. The summed E-state index contributed by atoms with van der Waals surface area (Å²) in [6.07, 6.45) is 1.45. The Balaban J connectivity index is 1.67. The van der Waals surface area contributed by atoms with Crippen molar-refractivity contribution < 1.29 is 14.3 Å². The van der Waals surface area contributed by atoms with Crippen LogP contribution in [0.5, 0.6) is 5.75 Å².